The zero-order valence-corrected chi connectivity index (χ0v) is 10.8. The van der Waals surface area contributed by atoms with Gasteiger partial charge in [0.25, 0.3) is 0 Å². The molecule has 0 radical (unpaired) electrons. The second kappa shape index (κ2) is 5.21. The van der Waals surface area contributed by atoms with Gasteiger partial charge in [0.2, 0.25) is 0 Å². The molecule has 90 valence electrons. The smallest absolute Gasteiger partial charge is 0.0946 e. The first-order valence-electron chi connectivity index (χ1n) is 5.73. The molecule has 1 aliphatic rings. The number of hydrogen-bond donors (Lipinski definition) is 1. The predicted octanol–water partition coefficient (Wildman–Crippen LogP) is 0.857. The van der Waals surface area contributed by atoms with Gasteiger partial charge in [-0.3, -0.25) is 4.90 Å². The van der Waals surface area contributed by atoms with Crippen molar-refractivity contribution < 1.29 is 0 Å². The van der Waals surface area contributed by atoms with Crippen LogP contribution >= 0.6 is 11.8 Å². The van der Waals surface area contributed by atoms with Gasteiger partial charge in [-0.15, -0.1) is 0 Å². The molecule has 4 nitrogen and oxygen atoms in total. The third-order valence-electron chi connectivity index (χ3n) is 3.24. The topological polar surface area (TPSA) is 47.1 Å². The van der Waals surface area contributed by atoms with Crippen LogP contribution in [0.2, 0.25) is 0 Å². The van der Waals surface area contributed by atoms with Crippen molar-refractivity contribution in [3.8, 4) is 0 Å². The van der Waals surface area contributed by atoms with E-state index in [2.05, 4.69) is 21.4 Å². The summed E-state index contributed by atoms with van der Waals surface area (Å²) >= 11 is 2.03. The molecular weight excluding hydrogens is 220 g/mol. The fraction of sp³-hybridized carbons (Fsp3) is 0.727. The van der Waals surface area contributed by atoms with Gasteiger partial charge in [0.1, 0.15) is 0 Å². The molecule has 16 heavy (non-hydrogen) atoms. The summed E-state index contributed by atoms with van der Waals surface area (Å²) in [5.41, 5.74) is 7.16. The zero-order valence-electron chi connectivity index (χ0n) is 9.97. The van der Waals surface area contributed by atoms with Crippen molar-refractivity contribution in [3.05, 3.63) is 18.2 Å². The lowest BCUT2D eigenvalue weighted by Crippen LogP contribution is -2.45. The summed E-state index contributed by atoms with van der Waals surface area (Å²) in [6.45, 7) is 4.07. The maximum atomic E-state index is 5.94. The highest BCUT2D eigenvalue weighted by molar-refractivity contribution is 7.99. The highest BCUT2D eigenvalue weighted by Crippen LogP contribution is 2.26. The van der Waals surface area contributed by atoms with Crippen LogP contribution in [0.1, 0.15) is 18.7 Å². The Kier molecular flexibility index (Phi) is 3.89. The molecule has 1 saturated heterocycles. The van der Waals surface area contributed by atoms with Crippen LogP contribution in [-0.2, 0) is 7.05 Å². The molecule has 2 N–H and O–H groups in total. The average Bonchev–Trinajstić information content (AvgIpc) is 2.69. The number of hydrogen-bond acceptors (Lipinski definition) is 4. The Morgan fingerprint density at radius 1 is 1.69 bits per heavy atom. The molecule has 0 aromatic carbocycles. The molecule has 0 bridgehead atoms. The minimum Gasteiger partial charge on any atom is -0.336 e. The second-order valence-electron chi connectivity index (χ2n) is 4.34. The van der Waals surface area contributed by atoms with Gasteiger partial charge in [0.15, 0.2) is 0 Å². The molecular formula is C11H20N4S. The van der Waals surface area contributed by atoms with Crippen molar-refractivity contribution >= 4 is 11.8 Å². The van der Waals surface area contributed by atoms with E-state index in [4.69, 9.17) is 5.73 Å². The van der Waals surface area contributed by atoms with Crippen LogP contribution in [0.3, 0.4) is 0 Å². The van der Waals surface area contributed by atoms with Crippen LogP contribution in [0.5, 0.6) is 0 Å². The molecule has 1 aromatic rings. The lowest BCUT2D eigenvalue weighted by Gasteiger charge is -2.38. The summed E-state index contributed by atoms with van der Waals surface area (Å²) in [5, 5.41) is 0. The molecule has 0 amide bonds. The Morgan fingerprint density at radius 3 is 3.06 bits per heavy atom. The van der Waals surface area contributed by atoms with Crippen molar-refractivity contribution in [1.82, 2.24) is 14.5 Å². The average molecular weight is 240 g/mol. The SMILES string of the molecule is CC1CSCCN1C(CN)c1cncn1C. The highest BCUT2D eigenvalue weighted by atomic mass is 32.2. The van der Waals surface area contributed by atoms with Gasteiger partial charge in [0.05, 0.1) is 18.1 Å². The van der Waals surface area contributed by atoms with Crippen molar-refractivity contribution in [2.45, 2.75) is 19.0 Å². The normalized spacial score (nSPS) is 24.6. The largest absolute Gasteiger partial charge is 0.336 e. The monoisotopic (exact) mass is 240 g/mol. The lowest BCUT2D eigenvalue weighted by atomic mass is 10.1. The Hall–Kier alpha value is -0.520. The number of imidazole rings is 1. The minimum atomic E-state index is 0.309. The van der Waals surface area contributed by atoms with E-state index in [0.29, 0.717) is 18.6 Å². The third kappa shape index (κ3) is 2.26. The maximum Gasteiger partial charge on any atom is 0.0946 e. The van der Waals surface area contributed by atoms with Gasteiger partial charge in [-0.05, 0) is 6.92 Å². The Balaban J connectivity index is 2.18. The molecule has 2 unspecified atom stereocenters. The van der Waals surface area contributed by atoms with Gasteiger partial charge in [0, 0.05) is 43.9 Å². The van der Waals surface area contributed by atoms with Gasteiger partial charge < -0.3 is 10.3 Å². The van der Waals surface area contributed by atoms with Gasteiger partial charge in [-0.25, -0.2) is 4.98 Å². The number of nitrogens with two attached hydrogens (primary N) is 1. The molecule has 2 rings (SSSR count). The van der Waals surface area contributed by atoms with E-state index < -0.39 is 0 Å². The first-order chi connectivity index (χ1) is 7.74. The number of thioether (sulfide) groups is 1. The minimum absolute atomic E-state index is 0.309. The highest BCUT2D eigenvalue weighted by Gasteiger charge is 2.27. The quantitative estimate of drug-likeness (QED) is 0.851. The molecule has 1 aromatic heterocycles. The molecule has 1 aliphatic heterocycles. The summed E-state index contributed by atoms with van der Waals surface area (Å²) in [6, 6.07) is 0.908. The van der Waals surface area contributed by atoms with E-state index in [-0.39, 0.29) is 0 Å². The van der Waals surface area contributed by atoms with Crippen LogP contribution in [-0.4, -0.2) is 45.1 Å². The fourth-order valence-corrected chi connectivity index (χ4v) is 3.36. The third-order valence-corrected chi connectivity index (χ3v) is 4.43. The molecule has 0 aliphatic carbocycles. The molecule has 2 atom stereocenters. The number of aryl methyl sites for hydroxylation is 1. The Labute approximate surface area is 101 Å². The fourth-order valence-electron chi connectivity index (χ4n) is 2.32. The van der Waals surface area contributed by atoms with E-state index in [1.807, 2.05) is 31.3 Å². The Bertz CT molecular complexity index is 338. The molecule has 0 spiro atoms. The van der Waals surface area contributed by atoms with E-state index in [1.165, 1.54) is 17.2 Å². The first-order valence-corrected chi connectivity index (χ1v) is 6.89. The van der Waals surface area contributed by atoms with Crippen LogP contribution in [0.4, 0.5) is 0 Å². The van der Waals surface area contributed by atoms with Crippen molar-refractivity contribution in [2.75, 3.05) is 24.6 Å². The summed E-state index contributed by atoms with van der Waals surface area (Å²) in [4.78, 5) is 6.69. The van der Waals surface area contributed by atoms with Crippen molar-refractivity contribution in [1.29, 1.82) is 0 Å². The van der Waals surface area contributed by atoms with Crippen LogP contribution in [0.25, 0.3) is 0 Å². The van der Waals surface area contributed by atoms with Crippen LogP contribution in [0.15, 0.2) is 12.5 Å². The summed E-state index contributed by atoms with van der Waals surface area (Å²) < 4.78 is 2.08. The van der Waals surface area contributed by atoms with Crippen molar-refractivity contribution in [3.63, 3.8) is 0 Å². The predicted molar refractivity (Wildman–Crippen MR) is 68.5 cm³/mol. The molecule has 2 heterocycles. The van der Waals surface area contributed by atoms with E-state index >= 15 is 0 Å². The van der Waals surface area contributed by atoms with E-state index in [1.54, 1.807) is 0 Å². The van der Waals surface area contributed by atoms with Gasteiger partial charge >= 0.3 is 0 Å². The summed E-state index contributed by atoms with van der Waals surface area (Å²) in [5.74, 6) is 2.41. The Morgan fingerprint density at radius 2 is 2.50 bits per heavy atom. The van der Waals surface area contributed by atoms with Crippen LogP contribution in [0, 0.1) is 0 Å². The van der Waals surface area contributed by atoms with E-state index in [9.17, 15) is 0 Å². The number of rotatable bonds is 3. The van der Waals surface area contributed by atoms with Gasteiger partial charge in [-0.2, -0.15) is 11.8 Å². The molecule has 1 fully saturated rings. The number of aromatic nitrogens is 2. The molecule has 0 saturated carbocycles. The standard InChI is InChI=1S/C11H20N4S/c1-9-7-16-4-3-15(9)10(5-12)11-6-13-8-14(11)2/h6,8-10H,3-5,7,12H2,1-2H3. The molecule has 5 heteroatoms. The van der Waals surface area contributed by atoms with E-state index in [0.717, 1.165) is 6.54 Å². The van der Waals surface area contributed by atoms with Crippen molar-refractivity contribution in [2.24, 2.45) is 12.8 Å². The van der Waals surface area contributed by atoms with Crippen LogP contribution < -0.4 is 5.73 Å². The first kappa shape index (κ1) is 12.0. The second-order valence-corrected chi connectivity index (χ2v) is 5.49. The zero-order chi connectivity index (χ0) is 11.5. The van der Waals surface area contributed by atoms with Gasteiger partial charge in [-0.1, -0.05) is 0 Å². The summed E-state index contributed by atoms with van der Waals surface area (Å²) in [7, 11) is 2.04. The summed E-state index contributed by atoms with van der Waals surface area (Å²) in [6.07, 6.45) is 3.79. The number of nitrogens with zero attached hydrogens (tertiary/aromatic N) is 3. The maximum absolute atomic E-state index is 5.94. The lowest BCUT2D eigenvalue weighted by molar-refractivity contribution is 0.160.